The van der Waals surface area contributed by atoms with Crippen LogP contribution in [-0.2, 0) is 14.8 Å². The fourth-order valence-electron chi connectivity index (χ4n) is 1.36. The Morgan fingerprint density at radius 1 is 1.37 bits per heavy atom. The van der Waals surface area contributed by atoms with Gasteiger partial charge in [0, 0.05) is 6.54 Å². The molecule has 0 radical (unpaired) electrons. The molecule has 1 aromatic rings. The summed E-state index contributed by atoms with van der Waals surface area (Å²) in [5.41, 5.74) is 0.326. The standard InChI is InChI=1S/C13H17NO4S/c1-3-5-10-14-19(16,17)12-8-6-11(7-9-12)13(15)18-4-2/h3,6-9,14H,1,4-5,10H2,2H3. The van der Waals surface area contributed by atoms with Crippen LogP contribution in [0.3, 0.4) is 0 Å². The van der Waals surface area contributed by atoms with Gasteiger partial charge in [-0.05, 0) is 37.6 Å². The average molecular weight is 283 g/mol. The van der Waals surface area contributed by atoms with Gasteiger partial charge in [-0.2, -0.15) is 0 Å². The Bertz CT molecular complexity index is 534. The van der Waals surface area contributed by atoms with Gasteiger partial charge in [0.2, 0.25) is 10.0 Å². The van der Waals surface area contributed by atoms with Crippen LogP contribution in [0.5, 0.6) is 0 Å². The van der Waals surface area contributed by atoms with E-state index < -0.39 is 16.0 Å². The summed E-state index contributed by atoms with van der Waals surface area (Å²) in [6, 6.07) is 5.62. The van der Waals surface area contributed by atoms with Crippen LogP contribution in [0.1, 0.15) is 23.7 Å². The molecule has 1 N–H and O–H groups in total. The molecule has 0 saturated carbocycles. The van der Waals surface area contributed by atoms with Gasteiger partial charge < -0.3 is 4.74 Å². The number of esters is 1. The number of carbonyl (C=O) groups excluding carboxylic acids is 1. The van der Waals surface area contributed by atoms with Crippen LogP contribution in [0, 0.1) is 0 Å². The number of sulfonamides is 1. The first-order chi connectivity index (χ1) is 9.01. The third-order valence-corrected chi connectivity index (χ3v) is 3.79. The highest BCUT2D eigenvalue weighted by atomic mass is 32.2. The minimum absolute atomic E-state index is 0.115. The number of rotatable bonds is 7. The zero-order valence-electron chi connectivity index (χ0n) is 10.8. The minimum Gasteiger partial charge on any atom is -0.462 e. The molecule has 5 nitrogen and oxygen atoms in total. The predicted molar refractivity (Wildman–Crippen MR) is 72.4 cm³/mol. The molecule has 19 heavy (non-hydrogen) atoms. The van der Waals surface area contributed by atoms with Crippen molar-refractivity contribution in [3.8, 4) is 0 Å². The van der Waals surface area contributed by atoms with Crippen LogP contribution in [0.4, 0.5) is 0 Å². The highest BCUT2D eigenvalue weighted by Gasteiger charge is 2.14. The summed E-state index contributed by atoms with van der Waals surface area (Å²) < 4.78 is 31.0. The molecule has 0 aromatic heterocycles. The van der Waals surface area contributed by atoms with Crippen LogP contribution >= 0.6 is 0 Å². The van der Waals surface area contributed by atoms with Crippen LogP contribution in [-0.4, -0.2) is 27.5 Å². The fourth-order valence-corrected chi connectivity index (χ4v) is 2.41. The lowest BCUT2D eigenvalue weighted by molar-refractivity contribution is 0.0526. The molecule has 0 aliphatic carbocycles. The number of ether oxygens (including phenoxy) is 1. The minimum atomic E-state index is -3.54. The summed E-state index contributed by atoms with van der Waals surface area (Å²) in [5, 5.41) is 0. The first kappa shape index (κ1) is 15.4. The SMILES string of the molecule is C=CCCNS(=O)(=O)c1ccc(C(=O)OCC)cc1. The zero-order chi connectivity index (χ0) is 14.3. The topological polar surface area (TPSA) is 72.5 Å². The molecule has 6 heteroatoms. The van der Waals surface area contributed by atoms with E-state index >= 15 is 0 Å². The van der Waals surface area contributed by atoms with Gasteiger partial charge in [-0.25, -0.2) is 17.9 Å². The summed E-state index contributed by atoms with van der Waals surface area (Å²) in [6.07, 6.45) is 2.19. The molecule has 0 fully saturated rings. The van der Waals surface area contributed by atoms with E-state index in [4.69, 9.17) is 4.74 Å². The maximum Gasteiger partial charge on any atom is 0.338 e. The smallest absolute Gasteiger partial charge is 0.338 e. The van der Waals surface area contributed by atoms with Crippen LogP contribution in [0.15, 0.2) is 41.8 Å². The Labute approximate surface area is 113 Å². The number of hydrogen-bond donors (Lipinski definition) is 1. The van der Waals surface area contributed by atoms with Crippen LogP contribution < -0.4 is 4.72 Å². The van der Waals surface area contributed by atoms with Gasteiger partial charge in [-0.3, -0.25) is 0 Å². The molecule has 1 rings (SSSR count). The number of nitrogens with one attached hydrogen (secondary N) is 1. The average Bonchev–Trinajstić information content (AvgIpc) is 2.39. The third kappa shape index (κ3) is 4.50. The van der Waals surface area contributed by atoms with E-state index in [9.17, 15) is 13.2 Å². The Hall–Kier alpha value is -1.66. The number of carbonyl (C=O) groups is 1. The molecular weight excluding hydrogens is 266 g/mol. The normalized spacial score (nSPS) is 11.0. The van der Waals surface area contributed by atoms with Crippen molar-refractivity contribution in [1.82, 2.24) is 4.72 Å². The molecule has 104 valence electrons. The Kier molecular flexibility index (Phi) is 5.72. The lowest BCUT2D eigenvalue weighted by Gasteiger charge is -2.06. The quantitative estimate of drug-likeness (QED) is 0.470. The molecule has 0 aliphatic rings. The molecular formula is C13H17NO4S. The van der Waals surface area contributed by atoms with E-state index in [1.807, 2.05) is 0 Å². The second-order valence-corrected chi connectivity index (χ2v) is 5.49. The zero-order valence-corrected chi connectivity index (χ0v) is 11.6. The van der Waals surface area contributed by atoms with E-state index in [0.717, 1.165) is 0 Å². The summed E-state index contributed by atoms with van der Waals surface area (Å²) >= 11 is 0. The van der Waals surface area contributed by atoms with E-state index in [1.165, 1.54) is 24.3 Å². The van der Waals surface area contributed by atoms with Gasteiger partial charge in [0.05, 0.1) is 17.1 Å². The second-order valence-electron chi connectivity index (χ2n) is 3.72. The third-order valence-electron chi connectivity index (χ3n) is 2.32. The van der Waals surface area contributed by atoms with Gasteiger partial charge in [0.1, 0.15) is 0 Å². The Balaban J connectivity index is 2.80. The summed E-state index contributed by atoms with van der Waals surface area (Å²) in [5.74, 6) is -0.467. The molecule has 0 unspecified atom stereocenters. The van der Waals surface area contributed by atoms with E-state index in [-0.39, 0.29) is 11.5 Å². The number of hydrogen-bond acceptors (Lipinski definition) is 4. The Morgan fingerprint density at radius 3 is 2.53 bits per heavy atom. The molecule has 0 spiro atoms. The first-order valence-electron chi connectivity index (χ1n) is 5.89. The van der Waals surface area contributed by atoms with Gasteiger partial charge in [-0.1, -0.05) is 6.08 Å². The van der Waals surface area contributed by atoms with Crippen molar-refractivity contribution in [1.29, 1.82) is 0 Å². The van der Waals surface area contributed by atoms with E-state index in [2.05, 4.69) is 11.3 Å². The van der Waals surface area contributed by atoms with E-state index in [0.29, 0.717) is 18.5 Å². The summed E-state index contributed by atoms with van der Waals surface area (Å²) in [4.78, 5) is 11.5. The second kappa shape index (κ2) is 7.06. The van der Waals surface area contributed by atoms with Gasteiger partial charge in [-0.15, -0.1) is 6.58 Å². The molecule has 0 bridgehead atoms. The van der Waals surface area contributed by atoms with Crippen LogP contribution in [0.2, 0.25) is 0 Å². The highest BCUT2D eigenvalue weighted by molar-refractivity contribution is 7.89. The maximum absolute atomic E-state index is 11.9. The molecule has 0 saturated heterocycles. The van der Waals surface area contributed by atoms with Crippen LogP contribution in [0.25, 0.3) is 0 Å². The molecule has 0 amide bonds. The largest absolute Gasteiger partial charge is 0.462 e. The van der Waals surface area contributed by atoms with Crippen molar-refractivity contribution < 1.29 is 17.9 Å². The van der Waals surface area contributed by atoms with Crippen molar-refractivity contribution in [2.24, 2.45) is 0 Å². The Morgan fingerprint density at radius 2 is 2.00 bits per heavy atom. The molecule has 0 atom stereocenters. The summed E-state index contributed by atoms with van der Waals surface area (Å²) in [7, 11) is -3.54. The van der Waals surface area contributed by atoms with E-state index in [1.54, 1.807) is 13.0 Å². The van der Waals surface area contributed by atoms with Crippen molar-refractivity contribution in [2.45, 2.75) is 18.2 Å². The van der Waals surface area contributed by atoms with Crippen molar-refractivity contribution >= 4 is 16.0 Å². The maximum atomic E-state index is 11.9. The lowest BCUT2D eigenvalue weighted by atomic mass is 10.2. The fraction of sp³-hybridized carbons (Fsp3) is 0.308. The molecule has 0 aliphatic heterocycles. The van der Waals surface area contributed by atoms with Crippen molar-refractivity contribution in [2.75, 3.05) is 13.2 Å². The summed E-state index contributed by atoms with van der Waals surface area (Å²) in [6.45, 7) is 5.80. The first-order valence-corrected chi connectivity index (χ1v) is 7.37. The molecule has 0 heterocycles. The van der Waals surface area contributed by atoms with Gasteiger partial charge in [0.25, 0.3) is 0 Å². The monoisotopic (exact) mass is 283 g/mol. The van der Waals surface area contributed by atoms with Gasteiger partial charge in [0.15, 0.2) is 0 Å². The van der Waals surface area contributed by atoms with Crippen molar-refractivity contribution in [3.63, 3.8) is 0 Å². The predicted octanol–water partition coefficient (Wildman–Crippen LogP) is 1.72. The lowest BCUT2D eigenvalue weighted by Crippen LogP contribution is -2.24. The van der Waals surface area contributed by atoms with Crippen molar-refractivity contribution in [3.05, 3.63) is 42.5 Å². The highest BCUT2D eigenvalue weighted by Crippen LogP contribution is 2.11. The van der Waals surface area contributed by atoms with Gasteiger partial charge >= 0.3 is 5.97 Å². The molecule has 1 aromatic carbocycles. The number of benzene rings is 1.